The lowest BCUT2D eigenvalue weighted by molar-refractivity contribution is 0.0206. The van der Waals surface area contributed by atoms with Gasteiger partial charge < -0.3 is 15.0 Å². The fraction of sp³-hybridized carbons (Fsp3) is 0.727. The fourth-order valence-electron chi connectivity index (χ4n) is 1.94. The molecular formula is C11H20N4O3S. The highest BCUT2D eigenvalue weighted by molar-refractivity contribution is 7.89. The lowest BCUT2D eigenvalue weighted by Crippen LogP contribution is -2.45. The van der Waals surface area contributed by atoms with Crippen molar-refractivity contribution in [3.8, 4) is 0 Å². The first kappa shape index (κ1) is 14.4. The Morgan fingerprint density at radius 3 is 2.95 bits per heavy atom. The summed E-state index contributed by atoms with van der Waals surface area (Å²) in [6.45, 7) is 4.34. The van der Waals surface area contributed by atoms with Gasteiger partial charge in [-0.2, -0.15) is 4.31 Å². The molecule has 0 aromatic carbocycles. The van der Waals surface area contributed by atoms with E-state index >= 15 is 0 Å². The summed E-state index contributed by atoms with van der Waals surface area (Å²) in [5.41, 5.74) is 0. The molecule has 0 aliphatic carbocycles. The van der Waals surface area contributed by atoms with Crippen molar-refractivity contribution in [2.45, 2.75) is 24.5 Å². The molecule has 1 aromatic heterocycles. The summed E-state index contributed by atoms with van der Waals surface area (Å²) in [6.07, 6.45) is 1.93. The number of ether oxygens (including phenoxy) is 1. The maximum atomic E-state index is 12.3. The lowest BCUT2D eigenvalue weighted by atomic mass is 10.3. The van der Waals surface area contributed by atoms with E-state index in [2.05, 4.69) is 15.3 Å². The average molecular weight is 288 g/mol. The van der Waals surface area contributed by atoms with Crippen LogP contribution < -0.4 is 5.32 Å². The summed E-state index contributed by atoms with van der Waals surface area (Å²) in [5, 5.41) is 3.31. The molecule has 0 saturated carbocycles. The molecule has 1 aliphatic rings. The van der Waals surface area contributed by atoms with Crippen molar-refractivity contribution in [2.24, 2.45) is 0 Å². The number of H-pyrrole nitrogens is 1. The van der Waals surface area contributed by atoms with Gasteiger partial charge in [-0.15, -0.1) is 0 Å². The van der Waals surface area contributed by atoms with Crippen molar-refractivity contribution in [3.05, 3.63) is 12.0 Å². The maximum absolute atomic E-state index is 12.3. The van der Waals surface area contributed by atoms with E-state index in [1.807, 2.05) is 6.92 Å². The third-order valence-corrected chi connectivity index (χ3v) is 4.83. The highest BCUT2D eigenvalue weighted by Crippen LogP contribution is 2.13. The third kappa shape index (κ3) is 3.33. The number of aryl methyl sites for hydroxylation is 1. The molecule has 108 valence electrons. The minimum absolute atomic E-state index is 0.109. The van der Waals surface area contributed by atoms with Crippen molar-refractivity contribution >= 4 is 10.0 Å². The predicted molar refractivity (Wildman–Crippen MR) is 70.4 cm³/mol. The van der Waals surface area contributed by atoms with Crippen LogP contribution in [0.2, 0.25) is 0 Å². The summed E-state index contributed by atoms with van der Waals surface area (Å²) in [4.78, 5) is 6.85. The van der Waals surface area contributed by atoms with Gasteiger partial charge in [0.1, 0.15) is 5.82 Å². The van der Waals surface area contributed by atoms with Gasteiger partial charge in [-0.25, -0.2) is 13.4 Å². The standard InChI is InChI=1S/C11H20N4O3S/c1-3-10-13-7-11(14-10)19(16,17)15(2)8-9-6-12-4-5-18-9/h7,9,12H,3-6,8H2,1-2H3,(H,13,14). The Hall–Kier alpha value is -0.960. The average Bonchev–Trinajstić information content (AvgIpc) is 2.89. The normalized spacial score (nSPS) is 20.9. The van der Waals surface area contributed by atoms with Crippen LogP contribution in [-0.4, -0.2) is 62.1 Å². The zero-order valence-corrected chi connectivity index (χ0v) is 12.0. The molecule has 1 atom stereocenters. The van der Waals surface area contributed by atoms with E-state index in [4.69, 9.17) is 4.74 Å². The maximum Gasteiger partial charge on any atom is 0.259 e. The van der Waals surface area contributed by atoms with Crippen LogP contribution in [0.4, 0.5) is 0 Å². The van der Waals surface area contributed by atoms with E-state index in [0.717, 1.165) is 6.54 Å². The second kappa shape index (κ2) is 6.00. The molecule has 19 heavy (non-hydrogen) atoms. The van der Waals surface area contributed by atoms with Gasteiger partial charge in [-0.1, -0.05) is 6.92 Å². The largest absolute Gasteiger partial charge is 0.374 e. The smallest absolute Gasteiger partial charge is 0.259 e. The summed E-state index contributed by atoms with van der Waals surface area (Å²) < 4.78 is 31.4. The van der Waals surface area contributed by atoms with E-state index < -0.39 is 10.0 Å². The van der Waals surface area contributed by atoms with Gasteiger partial charge in [0.2, 0.25) is 0 Å². The van der Waals surface area contributed by atoms with Crippen LogP contribution in [0, 0.1) is 0 Å². The molecule has 0 amide bonds. The van der Waals surface area contributed by atoms with Gasteiger partial charge in [0, 0.05) is 33.1 Å². The second-order valence-corrected chi connectivity index (χ2v) is 6.54. The Kier molecular flexibility index (Phi) is 4.56. The molecule has 1 fully saturated rings. The van der Waals surface area contributed by atoms with Gasteiger partial charge in [0.25, 0.3) is 10.0 Å². The topological polar surface area (TPSA) is 87.3 Å². The lowest BCUT2D eigenvalue weighted by Gasteiger charge is -2.27. The number of sulfonamides is 1. The Labute approximate surface area is 113 Å². The van der Waals surface area contributed by atoms with E-state index in [-0.39, 0.29) is 11.1 Å². The number of aromatic amines is 1. The first-order valence-electron chi connectivity index (χ1n) is 6.36. The molecule has 2 rings (SSSR count). The van der Waals surface area contributed by atoms with Gasteiger partial charge in [-0.3, -0.25) is 0 Å². The van der Waals surface area contributed by atoms with Crippen LogP contribution >= 0.6 is 0 Å². The Morgan fingerprint density at radius 1 is 1.58 bits per heavy atom. The van der Waals surface area contributed by atoms with Gasteiger partial charge >= 0.3 is 0 Å². The number of likely N-dealkylation sites (N-methyl/N-ethyl adjacent to an activating group) is 1. The number of rotatable bonds is 5. The van der Waals surface area contributed by atoms with E-state index in [1.54, 1.807) is 7.05 Å². The fourth-order valence-corrected chi connectivity index (χ4v) is 3.07. The molecule has 1 aliphatic heterocycles. The molecule has 1 saturated heterocycles. The number of hydrogen-bond donors (Lipinski definition) is 2. The Morgan fingerprint density at radius 2 is 2.37 bits per heavy atom. The number of hydrogen-bond acceptors (Lipinski definition) is 5. The van der Waals surface area contributed by atoms with Crippen molar-refractivity contribution < 1.29 is 13.2 Å². The van der Waals surface area contributed by atoms with Crippen molar-refractivity contribution in [2.75, 3.05) is 33.3 Å². The molecule has 7 nitrogen and oxygen atoms in total. The molecule has 8 heteroatoms. The van der Waals surface area contributed by atoms with Crippen LogP contribution in [0.1, 0.15) is 12.7 Å². The Balaban J connectivity index is 2.05. The predicted octanol–water partition coefficient (Wildman–Crippen LogP) is -0.419. The summed E-state index contributed by atoms with van der Waals surface area (Å²) >= 11 is 0. The van der Waals surface area contributed by atoms with Gasteiger partial charge in [0.05, 0.1) is 18.9 Å². The van der Waals surface area contributed by atoms with E-state index in [9.17, 15) is 8.42 Å². The number of imidazole rings is 1. The minimum atomic E-state index is -3.52. The molecule has 1 unspecified atom stereocenters. The van der Waals surface area contributed by atoms with Gasteiger partial charge in [-0.05, 0) is 0 Å². The number of morpholine rings is 1. The van der Waals surface area contributed by atoms with Crippen molar-refractivity contribution in [3.63, 3.8) is 0 Å². The van der Waals surface area contributed by atoms with E-state index in [0.29, 0.717) is 31.9 Å². The zero-order valence-electron chi connectivity index (χ0n) is 11.2. The van der Waals surface area contributed by atoms with Crippen molar-refractivity contribution in [1.82, 2.24) is 19.6 Å². The number of nitrogens with one attached hydrogen (secondary N) is 2. The molecule has 1 aromatic rings. The molecule has 0 radical (unpaired) electrons. The zero-order chi connectivity index (χ0) is 13.9. The van der Waals surface area contributed by atoms with Crippen LogP contribution in [0.25, 0.3) is 0 Å². The summed E-state index contributed by atoms with van der Waals surface area (Å²) in [6, 6.07) is 0. The molecular weight excluding hydrogens is 268 g/mol. The number of aromatic nitrogens is 2. The monoisotopic (exact) mass is 288 g/mol. The highest BCUT2D eigenvalue weighted by Gasteiger charge is 2.26. The third-order valence-electron chi connectivity index (χ3n) is 3.09. The van der Waals surface area contributed by atoms with Crippen LogP contribution in [0.3, 0.4) is 0 Å². The van der Waals surface area contributed by atoms with Crippen LogP contribution in [0.5, 0.6) is 0 Å². The quantitative estimate of drug-likeness (QED) is 0.768. The van der Waals surface area contributed by atoms with Crippen LogP contribution in [-0.2, 0) is 21.2 Å². The number of nitrogens with zero attached hydrogens (tertiary/aromatic N) is 2. The first-order chi connectivity index (χ1) is 9.04. The molecule has 2 N–H and O–H groups in total. The highest BCUT2D eigenvalue weighted by atomic mass is 32.2. The summed E-state index contributed by atoms with van der Waals surface area (Å²) in [5.74, 6) is 0.669. The first-order valence-corrected chi connectivity index (χ1v) is 7.80. The van der Waals surface area contributed by atoms with Gasteiger partial charge in [0.15, 0.2) is 5.03 Å². The molecule has 2 heterocycles. The second-order valence-electron chi connectivity index (χ2n) is 4.53. The van der Waals surface area contributed by atoms with Crippen LogP contribution in [0.15, 0.2) is 11.2 Å². The van der Waals surface area contributed by atoms with E-state index in [1.165, 1.54) is 10.5 Å². The molecule has 0 spiro atoms. The summed E-state index contributed by atoms with van der Waals surface area (Å²) in [7, 11) is -1.96. The Bertz CT molecular complexity index is 508. The minimum Gasteiger partial charge on any atom is -0.374 e. The van der Waals surface area contributed by atoms with Crippen molar-refractivity contribution in [1.29, 1.82) is 0 Å². The SMILES string of the molecule is CCc1ncc(S(=O)(=O)N(C)CC2CNCCO2)[nH]1. The molecule has 0 bridgehead atoms.